The van der Waals surface area contributed by atoms with E-state index in [1.165, 1.54) is 109 Å². The fraction of sp³-hybridized carbons (Fsp3) is 1.00. The van der Waals surface area contributed by atoms with Crippen LogP contribution in [0.3, 0.4) is 0 Å². The lowest BCUT2D eigenvalue weighted by Crippen LogP contribution is -2.02. The number of aliphatic hydroxyl groups excluding tert-OH is 2. The molecule has 166 valence electrons. The summed E-state index contributed by atoms with van der Waals surface area (Å²) in [7, 11) is 0. The van der Waals surface area contributed by atoms with Crippen LogP contribution in [0.25, 0.3) is 0 Å². The second kappa shape index (κ2) is 28.1. The smallest absolute Gasteiger partial charge is 0.0431 e. The van der Waals surface area contributed by atoms with Crippen LogP contribution in [-0.2, 0) is 0 Å². The van der Waals surface area contributed by atoms with Gasteiger partial charge in [0.25, 0.3) is 0 Å². The molecule has 0 fully saturated rings. The van der Waals surface area contributed by atoms with Crippen LogP contribution in [0.5, 0.6) is 0 Å². The standard InChI is InChI=1S/C13H28O.C12H26O/c1-2-3-4-5-6-7-8-9-10-11-12-13-14;1-3-5-8-12(9-6-4-2)10-7-11-13/h14H,2-13H2,1H3;12-13H,3-11H2,1-2H3. The highest BCUT2D eigenvalue weighted by Gasteiger charge is 2.06. The third-order valence-corrected chi connectivity index (χ3v) is 5.46. The lowest BCUT2D eigenvalue weighted by Gasteiger charge is -2.15. The first-order chi connectivity index (χ1) is 13.3. The van der Waals surface area contributed by atoms with E-state index < -0.39 is 0 Å². The summed E-state index contributed by atoms with van der Waals surface area (Å²) in [6.07, 6.45) is 25.1. The van der Waals surface area contributed by atoms with Crippen LogP contribution in [0.1, 0.15) is 143 Å². The first-order valence-electron chi connectivity index (χ1n) is 12.5. The molecular formula is C25H54O2. The SMILES string of the molecule is CCCCC(CCCC)CCCO.CCCCCCCCCCCCCO. The van der Waals surface area contributed by atoms with Crippen molar-refractivity contribution in [2.24, 2.45) is 5.92 Å². The Morgan fingerprint density at radius 3 is 1.11 bits per heavy atom. The van der Waals surface area contributed by atoms with Gasteiger partial charge in [0, 0.05) is 13.2 Å². The van der Waals surface area contributed by atoms with Crippen molar-refractivity contribution in [2.75, 3.05) is 13.2 Å². The summed E-state index contributed by atoms with van der Waals surface area (Å²) in [5.74, 6) is 0.882. The minimum atomic E-state index is 0.370. The molecule has 0 unspecified atom stereocenters. The van der Waals surface area contributed by atoms with E-state index in [4.69, 9.17) is 10.2 Å². The van der Waals surface area contributed by atoms with Gasteiger partial charge in [-0.25, -0.2) is 0 Å². The minimum absolute atomic E-state index is 0.370. The van der Waals surface area contributed by atoms with E-state index in [1.54, 1.807) is 0 Å². The minimum Gasteiger partial charge on any atom is -0.396 e. The molecule has 0 aromatic rings. The monoisotopic (exact) mass is 386 g/mol. The predicted molar refractivity (Wildman–Crippen MR) is 122 cm³/mol. The Kier molecular flexibility index (Phi) is 30.3. The third kappa shape index (κ3) is 28.2. The van der Waals surface area contributed by atoms with Gasteiger partial charge in [0.05, 0.1) is 0 Å². The van der Waals surface area contributed by atoms with Gasteiger partial charge in [0.2, 0.25) is 0 Å². The van der Waals surface area contributed by atoms with Gasteiger partial charge in [0.1, 0.15) is 0 Å². The highest BCUT2D eigenvalue weighted by atomic mass is 16.3. The molecule has 0 amide bonds. The Morgan fingerprint density at radius 2 is 0.741 bits per heavy atom. The molecule has 0 saturated heterocycles. The molecular weight excluding hydrogens is 332 g/mol. The molecule has 0 aliphatic carbocycles. The van der Waals surface area contributed by atoms with Gasteiger partial charge in [-0.1, -0.05) is 124 Å². The quantitative estimate of drug-likeness (QED) is 0.208. The number of hydrogen-bond donors (Lipinski definition) is 2. The maximum absolute atomic E-state index is 8.77. The normalized spacial score (nSPS) is 10.9. The maximum atomic E-state index is 8.77. The molecule has 2 N–H and O–H groups in total. The first kappa shape index (κ1) is 29.1. The second-order valence-electron chi connectivity index (χ2n) is 8.28. The molecule has 0 aliphatic heterocycles. The van der Waals surface area contributed by atoms with Gasteiger partial charge >= 0.3 is 0 Å². The van der Waals surface area contributed by atoms with Crippen molar-refractivity contribution in [1.29, 1.82) is 0 Å². The second-order valence-corrected chi connectivity index (χ2v) is 8.28. The van der Waals surface area contributed by atoms with E-state index in [-0.39, 0.29) is 0 Å². The number of hydrogen-bond acceptors (Lipinski definition) is 2. The molecule has 0 aliphatic rings. The summed E-state index contributed by atoms with van der Waals surface area (Å²) < 4.78 is 0. The van der Waals surface area contributed by atoms with Gasteiger partial charge in [0.15, 0.2) is 0 Å². The van der Waals surface area contributed by atoms with Crippen molar-refractivity contribution < 1.29 is 10.2 Å². The summed E-state index contributed by atoms with van der Waals surface area (Å²) in [4.78, 5) is 0. The van der Waals surface area contributed by atoms with Crippen molar-refractivity contribution >= 4 is 0 Å². The lowest BCUT2D eigenvalue weighted by atomic mass is 9.92. The third-order valence-electron chi connectivity index (χ3n) is 5.46. The molecule has 0 bridgehead atoms. The van der Waals surface area contributed by atoms with Crippen LogP contribution >= 0.6 is 0 Å². The Balaban J connectivity index is 0. The molecule has 2 heteroatoms. The highest BCUT2D eigenvalue weighted by molar-refractivity contribution is 4.59. The molecule has 0 aromatic carbocycles. The fourth-order valence-corrected chi connectivity index (χ4v) is 3.57. The van der Waals surface area contributed by atoms with E-state index in [0.717, 1.165) is 18.8 Å². The van der Waals surface area contributed by atoms with E-state index >= 15 is 0 Å². The van der Waals surface area contributed by atoms with Gasteiger partial charge in [-0.05, 0) is 25.2 Å². The average Bonchev–Trinajstić information content (AvgIpc) is 2.69. The Hall–Kier alpha value is -0.0800. The molecule has 0 heterocycles. The highest BCUT2D eigenvalue weighted by Crippen LogP contribution is 2.20. The van der Waals surface area contributed by atoms with Gasteiger partial charge in [-0.2, -0.15) is 0 Å². The summed E-state index contributed by atoms with van der Waals surface area (Å²) in [5.41, 5.74) is 0. The van der Waals surface area contributed by atoms with Crippen molar-refractivity contribution in [1.82, 2.24) is 0 Å². The van der Waals surface area contributed by atoms with Crippen LogP contribution in [0, 0.1) is 5.92 Å². The molecule has 0 atom stereocenters. The molecule has 0 radical (unpaired) electrons. The summed E-state index contributed by atoms with van der Waals surface area (Å²) >= 11 is 0. The van der Waals surface area contributed by atoms with Crippen LogP contribution in [0.2, 0.25) is 0 Å². The first-order valence-corrected chi connectivity index (χ1v) is 12.5. The number of rotatable bonds is 20. The van der Waals surface area contributed by atoms with Crippen molar-refractivity contribution in [3.8, 4) is 0 Å². The molecule has 0 saturated carbocycles. The van der Waals surface area contributed by atoms with Crippen LogP contribution in [0.4, 0.5) is 0 Å². The van der Waals surface area contributed by atoms with E-state index in [2.05, 4.69) is 20.8 Å². The van der Waals surface area contributed by atoms with Crippen LogP contribution in [0.15, 0.2) is 0 Å². The molecule has 2 nitrogen and oxygen atoms in total. The zero-order valence-corrected chi connectivity index (χ0v) is 19.3. The molecule has 0 aromatic heterocycles. The van der Waals surface area contributed by atoms with E-state index in [9.17, 15) is 0 Å². The predicted octanol–water partition coefficient (Wildman–Crippen LogP) is 8.05. The summed E-state index contributed by atoms with van der Waals surface area (Å²) in [5, 5.41) is 17.4. The summed E-state index contributed by atoms with van der Waals surface area (Å²) in [6, 6.07) is 0. The van der Waals surface area contributed by atoms with E-state index in [1.807, 2.05) is 0 Å². The Labute approximate surface area is 172 Å². The number of aliphatic hydroxyl groups is 2. The van der Waals surface area contributed by atoms with Crippen LogP contribution < -0.4 is 0 Å². The average molecular weight is 387 g/mol. The van der Waals surface area contributed by atoms with Gasteiger partial charge in [-0.15, -0.1) is 0 Å². The topological polar surface area (TPSA) is 40.5 Å². The molecule has 27 heavy (non-hydrogen) atoms. The lowest BCUT2D eigenvalue weighted by molar-refractivity contribution is 0.262. The van der Waals surface area contributed by atoms with E-state index in [0.29, 0.717) is 13.2 Å². The van der Waals surface area contributed by atoms with Crippen molar-refractivity contribution in [3.05, 3.63) is 0 Å². The van der Waals surface area contributed by atoms with Gasteiger partial charge < -0.3 is 10.2 Å². The largest absolute Gasteiger partial charge is 0.396 e. The maximum Gasteiger partial charge on any atom is 0.0431 e. The summed E-state index contributed by atoms with van der Waals surface area (Å²) in [6.45, 7) is 7.51. The van der Waals surface area contributed by atoms with Gasteiger partial charge in [-0.3, -0.25) is 0 Å². The number of unbranched alkanes of at least 4 members (excludes halogenated alkanes) is 12. The van der Waals surface area contributed by atoms with Crippen molar-refractivity contribution in [3.63, 3.8) is 0 Å². The zero-order valence-electron chi connectivity index (χ0n) is 19.3. The molecule has 0 spiro atoms. The molecule has 0 rings (SSSR count). The fourth-order valence-electron chi connectivity index (χ4n) is 3.57. The van der Waals surface area contributed by atoms with Crippen molar-refractivity contribution in [2.45, 2.75) is 143 Å². The Morgan fingerprint density at radius 1 is 0.407 bits per heavy atom. The Bertz CT molecular complexity index is 199. The zero-order chi connectivity index (χ0) is 20.4. The van der Waals surface area contributed by atoms with Crippen LogP contribution in [-0.4, -0.2) is 23.4 Å².